The van der Waals surface area contributed by atoms with Crippen LogP contribution in [0.5, 0.6) is 0 Å². The normalized spacial score (nSPS) is 16.7. The van der Waals surface area contributed by atoms with E-state index in [2.05, 4.69) is 4.57 Å². The fraction of sp³-hybridized carbons (Fsp3) is 0.273. The molecule has 1 nitrogen and oxygen atoms in total. The summed E-state index contributed by atoms with van der Waals surface area (Å²) in [4.78, 5) is 0. The molecule has 0 saturated heterocycles. The first-order chi connectivity index (χ1) is 6.36. The van der Waals surface area contributed by atoms with E-state index >= 15 is 0 Å². The zero-order chi connectivity index (χ0) is 8.84. The third-order valence-electron chi connectivity index (χ3n) is 2.65. The predicted molar refractivity (Wildman–Crippen MR) is 50.2 cm³/mol. The molecule has 2 aromatic rings. The van der Waals surface area contributed by atoms with E-state index in [1.54, 1.807) is 6.07 Å². The molecule has 1 heterocycles. The van der Waals surface area contributed by atoms with Gasteiger partial charge in [-0.25, -0.2) is 4.39 Å². The number of aromatic nitrogens is 1. The lowest BCUT2D eigenvalue weighted by Crippen LogP contribution is -1.90. The van der Waals surface area contributed by atoms with Crippen molar-refractivity contribution in [2.45, 2.75) is 18.9 Å². The fourth-order valence-corrected chi connectivity index (χ4v) is 1.82. The van der Waals surface area contributed by atoms with Crippen molar-refractivity contribution < 1.29 is 4.39 Å². The number of halogens is 1. The highest BCUT2D eigenvalue weighted by molar-refractivity contribution is 5.80. The quantitative estimate of drug-likeness (QED) is 0.627. The summed E-state index contributed by atoms with van der Waals surface area (Å²) in [6.45, 7) is 0. The van der Waals surface area contributed by atoms with E-state index in [4.69, 9.17) is 0 Å². The third kappa shape index (κ3) is 0.981. The molecule has 0 atom stereocenters. The molecule has 0 amide bonds. The van der Waals surface area contributed by atoms with E-state index in [1.165, 1.54) is 18.9 Å². The molecular formula is C11H10FN. The van der Waals surface area contributed by atoms with Gasteiger partial charge < -0.3 is 4.57 Å². The van der Waals surface area contributed by atoms with Gasteiger partial charge in [0.25, 0.3) is 0 Å². The highest BCUT2D eigenvalue weighted by atomic mass is 19.1. The van der Waals surface area contributed by atoms with Crippen molar-refractivity contribution in [1.82, 2.24) is 4.57 Å². The van der Waals surface area contributed by atoms with Crippen LogP contribution in [-0.2, 0) is 0 Å². The maximum absolute atomic E-state index is 13.3. The zero-order valence-corrected chi connectivity index (χ0v) is 7.20. The molecule has 1 aromatic heterocycles. The molecule has 1 aromatic carbocycles. The number of fused-ring (bicyclic) bond motifs is 1. The minimum Gasteiger partial charge on any atom is -0.344 e. The van der Waals surface area contributed by atoms with Crippen molar-refractivity contribution in [2.75, 3.05) is 0 Å². The van der Waals surface area contributed by atoms with Gasteiger partial charge in [-0.05, 0) is 31.0 Å². The number of nitrogens with zero attached hydrogens (tertiary/aromatic N) is 1. The highest BCUT2D eigenvalue weighted by Gasteiger charge is 2.24. The molecule has 0 N–H and O–H groups in total. The zero-order valence-electron chi connectivity index (χ0n) is 7.20. The smallest absolute Gasteiger partial charge is 0.132 e. The maximum atomic E-state index is 13.3. The second kappa shape index (κ2) is 2.34. The molecule has 1 fully saturated rings. The Bertz CT molecular complexity index is 454. The summed E-state index contributed by atoms with van der Waals surface area (Å²) in [5, 5.41) is 0.745. The molecule has 66 valence electrons. The van der Waals surface area contributed by atoms with Crippen LogP contribution in [0.3, 0.4) is 0 Å². The standard InChI is InChI=1S/C11H10FN/c12-10-2-1-3-11-9(10)6-7-13(11)8-4-5-8/h1-3,6-8H,4-5H2. The minimum absolute atomic E-state index is 0.114. The number of hydrogen-bond acceptors (Lipinski definition) is 0. The van der Waals surface area contributed by atoms with Crippen molar-refractivity contribution >= 4 is 10.9 Å². The van der Waals surface area contributed by atoms with Crippen LogP contribution in [0.25, 0.3) is 10.9 Å². The van der Waals surface area contributed by atoms with Crippen molar-refractivity contribution in [2.24, 2.45) is 0 Å². The number of rotatable bonds is 1. The first kappa shape index (κ1) is 7.13. The fourth-order valence-electron chi connectivity index (χ4n) is 1.82. The van der Waals surface area contributed by atoms with Crippen LogP contribution in [0.2, 0.25) is 0 Å². The maximum Gasteiger partial charge on any atom is 0.132 e. The molecule has 0 radical (unpaired) electrons. The van der Waals surface area contributed by atoms with Crippen LogP contribution in [0.1, 0.15) is 18.9 Å². The van der Waals surface area contributed by atoms with E-state index in [1.807, 2.05) is 18.3 Å². The topological polar surface area (TPSA) is 4.93 Å². The van der Waals surface area contributed by atoms with E-state index in [-0.39, 0.29) is 5.82 Å². The average molecular weight is 175 g/mol. The molecule has 3 rings (SSSR count). The number of hydrogen-bond donors (Lipinski definition) is 0. The summed E-state index contributed by atoms with van der Waals surface area (Å²) >= 11 is 0. The lowest BCUT2D eigenvalue weighted by atomic mass is 10.2. The number of benzene rings is 1. The molecular weight excluding hydrogens is 165 g/mol. The molecule has 13 heavy (non-hydrogen) atoms. The Kier molecular flexibility index (Phi) is 1.29. The first-order valence-corrected chi connectivity index (χ1v) is 4.61. The lowest BCUT2D eigenvalue weighted by molar-refractivity contribution is 0.639. The van der Waals surface area contributed by atoms with Crippen molar-refractivity contribution in [1.29, 1.82) is 0 Å². The Balaban J connectivity index is 2.32. The van der Waals surface area contributed by atoms with Crippen LogP contribution in [0, 0.1) is 5.82 Å². The van der Waals surface area contributed by atoms with E-state index < -0.39 is 0 Å². The van der Waals surface area contributed by atoms with Crippen LogP contribution in [-0.4, -0.2) is 4.57 Å². The molecule has 1 saturated carbocycles. The summed E-state index contributed by atoms with van der Waals surface area (Å²) < 4.78 is 15.4. The van der Waals surface area contributed by atoms with Crippen molar-refractivity contribution in [3.05, 3.63) is 36.3 Å². The van der Waals surface area contributed by atoms with Gasteiger partial charge in [0, 0.05) is 17.6 Å². The first-order valence-electron chi connectivity index (χ1n) is 4.61. The van der Waals surface area contributed by atoms with Gasteiger partial charge in [0.1, 0.15) is 5.82 Å². The molecule has 0 spiro atoms. The SMILES string of the molecule is Fc1cccc2c1ccn2C1CC1. The van der Waals surface area contributed by atoms with Gasteiger partial charge in [-0.3, -0.25) is 0 Å². The van der Waals surface area contributed by atoms with Crippen LogP contribution in [0.15, 0.2) is 30.5 Å². The molecule has 0 unspecified atom stereocenters. The molecule has 1 aliphatic carbocycles. The summed E-state index contributed by atoms with van der Waals surface area (Å²) in [6.07, 6.45) is 4.46. The summed E-state index contributed by atoms with van der Waals surface area (Å²) in [7, 11) is 0. The second-order valence-corrected chi connectivity index (χ2v) is 3.63. The van der Waals surface area contributed by atoms with E-state index in [0.29, 0.717) is 6.04 Å². The van der Waals surface area contributed by atoms with Gasteiger partial charge in [-0.2, -0.15) is 0 Å². The summed E-state index contributed by atoms with van der Waals surface area (Å²) in [6, 6.07) is 7.76. The van der Waals surface area contributed by atoms with Gasteiger partial charge in [-0.15, -0.1) is 0 Å². The van der Waals surface area contributed by atoms with Gasteiger partial charge in [0.05, 0.1) is 5.52 Å². The highest BCUT2D eigenvalue weighted by Crippen LogP contribution is 2.37. The molecule has 1 aliphatic rings. The van der Waals surface area contributed by atoms with Crippen LogP contribution >= 0.6 is 0 Å². The monoisotopic (exact) mass is 175 g/mol. The van der Waals surface area contributed by atoms with Crippen LogP contribution < -0.4 is 0 Å². The van der Waals surface area contributed by atoms with E-state index in [0.717, 1.165) is 10.9 Å². The van der Waals surface area contributed by atoms with Crippen molar-refractivity contribution in [3.8, 4) is 0 Å². The van der Waals surface area contributed by atoms with Gasteiger partial charge in [0.15, 0.2) is 0 Å². The predicted octanol–water partition coefficient (Wildman–Crippen LogP) is 3.12. The second-order valence-electron chi connectivity index (χ2n) is 3.63. The Morgan fingerprint density at radius 3 is 2.85 bits per heavy atom. The van der Waals surface area contributed by atoms with Gasteiger partial charge >= 0.3 is 0 Å². The van der Waals surface area contributed by atoms with Crippen molar-refractivity contribution in [3.63, 3.8) is 0 Å². The third-order valence-corrected chi connectivity index (χ3v) is 2.65. The summed E-state index contributed by atoms with van der Waals surface area (Å²) in [5.41, 5.74) is 1.03. The van der Waals surface area contributed by atoms with Gasteiger partial charge in [0.2, 0.25) is 0 Å². The Morgan fingerprint density at radius 1 is 1.23 bits per heavy atom. The average Bonchev–Trinajstić information content (AvgIpc) is 2.87. The minimum atomic E-state index is -0.114. The Hall–Kier alpha value is -1.31. The van der Waals surface area contributed by atoms with Crippen LogP contribution in [0.4, 0.5) is 4.39 Å². The molecule has 0 bridgehead atoms. The lowest BCUT2D eigenvalue weighted by Gasteiger charge is -2.01. The van der Waals surface area contributed by atoms with E-state index in [9.17, 15) is 4.39 Å². The summed E-state index contributed by atoms with van der Waals surface area (Å²) in [5.74, 6) is -0.114. The van der Waals surface area contributed by atoms with Gasteiger partial charge in [-0.1, -0.05) is 6.07 Å². The largest absolute Gasteiger partial charge is 0.344 e. The Morgan fingerprint density at radius 2 is 2.08 bits per heavy atom. The molecule has 2 heteroatoms. The Labute approximate surface area is 75.8 Å². The molecule has 0 aliphatic heterocycles.